The molecule has 0 spiro atoms. The Morgan fingerprint density at radius 2 is 2.10 bits per heavy atom. The van der Waals surface area contributed by atoms with Gasteiger partial charge < -0.3 is 10.2 Å². The number of rotatable bonds is 4. The van der Waals surface area contributed by atoms with Crippen molar-refractivity contribution in [2.45, 2.75) is 13.0 Å². The minimum Gasteiger partial charge on any atom is -0.343 e. The molecule has 1 N–H and O–H groups in total. The Balaban J connectivity index is 2.22. The quantitative estimate of drug-likeness (QED) is 0.910. The highest BCUT2D eigenvalue weighted by Crippen LogP contribution is 2.12. The molecule has 0 aliphatic rings. The lowest BCUT2D eigenvalue weighted by molar-refractivity contribution is 0.0821. The van der Waals surface area contributed by atoms with Crippen LogP contribution in [0, 0.1) is 0 Å². The molecule has 2 aromatic rings. The largest absolute Gasteiger partial charge is 0.343 e. The molecular weight excluding hydrogens is 254 g/mol. The van der Waals surface area contributed by atoms with Gasteiger partial charge in [0.1, 0.15) is 0 Å². The lowest BCUT2D eigenvalue weighted by atomic mass is 10.2. The van der Waals surface area contributed by atoms with E-state index in [1.165, 1.54) is 4.90 Å². The number of nitrogens with zero attached hydrogens (tertiary/aromatic N) is 4. The van der Waals surface area contributed by atoms with Gasteiger partial charge in [0.05, 0.1) is 17.6 Å². The molecule has 1 atom stereocenters. The molecule has 0 radical (unpaired) electrons. The molecule has 0 aliphatic carbocycles. The molecule has 0 fully saturated rings. The van der Waals surface area contributed by atoms with Gasteiger partial charge in [-0.3, -0.25) is 9.78 Å². The number of amides is 1. The summed E-state index contributed by atoms with van der Waals surface area (Å²) in [5, 5.41) is 7.40. The lowest BCUT2D eigenvalue weighted by Crippen LogP contribution is -2.22. The number of nitrogens with one attached hydrogen (secondary N) is 1. The van der Waals surface area contributed by atoms with E-state index in [2.05, 4.69) is 15.4 Å². The molecule has 0 bridgehead atoms. The summed E-state index contributed by atoms with van der Waals surface area (Å²) in [6, 6.07) is 5.79. The normalized spacial score (nSPS) is 12.2. The van der Waals surface area contributed by atoms with Crippen molar-refractivity contribution < 1.29 is 4.79 Å². The number of aromatic nitrogens is 3. The summed E-state index contributed by atoms with van der Waals surface area (Å²) in [5.74, 6) is -0.114. The van der Waals surface area contributed by atoms with Gasteiger partial charge in [-0.15, -0.1) is 0 Å². The Labute approximate surface area is 118 Å². The molecule has 0 aliphatic heterocycles. The molecule has 6 nitrogen and oxygen atoms in total. The van der Waals surface area contributed by atoms with Crippen molar-refractivity contribution in [2.75, 3.05) is 21.1 Å². The van der Waals surface area contributed by atoms with Crippen molar-refractivity contribution in [1.82, 2.24) is 25.0 Å². The van der Waals surface area contributed by atoms with Crippen LogP contribution in [0.5, 0.6) is 0 Å². The van der Waals surface area contributed by atoms with E-state index in [0.29, 0.717) is 5.69 Å². The van der Waals surface area contributed by atoms with E-state index in [4.69, 9.17) is 0 Å². The van der Waals surface area contributed by atoms with Crippen LogP contribution in [0.4, 0.5) is 0 Å². The fraction of sp³-hybridized carbons (Fsp3) is 0.357. The fourth-order valence-electron chi connectivity index (χ4n) is 1.75. The Bertz CT molecular complexity index is 588. The van der Waals surface area contributed by atoms with Crippen LogP contribution < -0.4 is 5.32 Å². The second kappa shape index (κ2) is 5.83. The van der Waals surface area contributed by atoms with Gasteiger partial charge in [-0.25, -0.2) is 4.68 Å². The molecule has 2 rings (SSSR count). The highest BCUT2D eigenvalue weighted by atomic mass is 16.2. The summed E-state index contributed by atoms with van der Waals surface area (Å²) in [5.41, 5.74) is 2.21. The van der Waals surface area contributed by atoms with Crippen LogP contribution in [0.2, 0.25) is 0 Å². The molecule has 0 saturated carbocycles. The summed E-state index contributed by atoms with van der Waals surface area (Å²) in [7, 11) is 5.31. The van der Waals surface area contributed by atoms with Gasteiger partial charge in [-0.05, 0) is 32.2 Å². The number of pyridine rings is 1. The zero-order valence-corrected chi connectivity index (χ0v) is 12.2. The first-order chi connectivity index (χ1) is 9.52. The molecule has 1 unspecified atom stereocenters. The van der Waals surface area contributed by atoms with Gasteiger partial charge in [-0.1, -0.05) is 0 Å². The molecule has 1 amide bonds. The van der Waals surface area contributed by atoms with E-state index in [0.717, 1.165) is 11.4 Å². The minimum absolute atomic E-state index is 0.114. The number of hydrogen-bond donors (Lipinski definition) is 1. The maximum atomic E-state index is 11.8. The molecule has 0 aromatic carbocycles. The van der Waals surface area contributed by atoms with Crippen molar-refractivity contribution in [3.8, 4) is 5.69 Å². The van der Waals surface area contributed by atoms with Crippen LogP contribution in [-0.2, 0) is 0 Å². The number of hydrogen-bond acceptors (Lipinski definition) is 4. The Morgan fingerprint density at radius 1 is 1.35 bits per heavy atom. The van der Waals surface area contributed by atoms with Gasteiger partial charge in [-0.2, -0.15) is 5.10 Å². The highest BCUT2D eigenvalue weighted by Gasteiger charge is 2.12. The van der Waals surface area contributed by atoms with E-state index in [9.17, 15) is 4.79 Å². The average molecular weight is 273 g/mol. The van der Waals surface area contributed by atoms with Gasteiger partial charge >= 0.3 is 0 Å². The van der Waals surface area contributed by atoms with E-state index >= 15 is 0 Å². The molecule has 2 heterocycles. The zero-order valence-electron chi connectivity index (χ0n) is 12.2. The summed E-state index contributed by atoms with van der Waals surface area (Å²) >= 11 is 0. The Kier molecular flexibility index (Phi) is 4.14. The van der Waals surface area contributed by atoms with Crippen LogP contribution >= 0.6 is 0 Å². The van der Waals surface area contributed by atoms with Crippen LogP contribution in [0.25, 0.3) is 5.69 Å². The third kappa shape index (κ3) is 2.85. The summed E-state index contributed by atoms with van der Waals surface area (Å²) in [4.78, 5) is 17.7. The van der Waals surface area contributed by atoms with Crippen molar-refractivity contribution in [3.05, 3.63) is 42.0 Å². The van der Waals surface area contributed by atoms with Crippen molar-refractivity contribution in [2.24, 2.45) is 0 Å². The third-order valence-electron chi connectivity index (χ3n) is 3.13. The first kappa shape index (κ1) is 14.2. The first-order valence-corrected chi connectivity index (χ1v) is 6.44. The topological polar surface area (TPSA) is 63.1 Å². The maximum absolute atomic E-state index is 11.8. The van der Waals surface area contributed by atoms with E-state index in [1.807, 2.05) is 26.1 Å². The smallest absolute Gasteiger partial charge is 0.273 e. The molecule has 0 saturated heterocycles. The second-order valence-corrected chi connectivity index (χ2v) is 4.80. The van der Waals surface area contributed by atoms with Crippen molar-refractivity contribution in [1.29, 1.82) is 0 Å². The predicted octanol–water partition coefficient (Wildman–Crippen LogP) is 1.25. The SMILES string of the molecule is CNC(C)c1ccc(-n2ccc(C(=O)N(C)C)n2)cn1. The van der Waals surface area contributed by atoms with Crippen LogP contribution in [-0.4, -0.2) is 46.7 Å². The molecule has 106 valence electrons. The standard InChI is InChI=1S/C14H19N5O/c1-10(15-2)12-6-5-11(9-16-12)19-8-7-13(17-19)14(20)18(3)4/h5-10,15H,1-4H3. The Hall–Kier alpha value is -2.21. The van der Waals surface area contributed by atoms with Crippen LogP contribution in [0.1, 0.15) is 29.1 Å². The second-order valence-electron chi connectivity index (χ2n) is 4.80. The average Bonchev–Trinajstić information content (AvgIpc) is 2.95. The van der Waals surface area contributed by atoms with Gasteiger partial charge in [0.2, 0.25) is 0 Å². The maximum Gasteiger partial charge on any atom is 0.273 e. The lowest BCUT2D eigenvalue weighted by Gasteiger charge is -2.10. The summed E-state index contributed by atoms with van der Waals surface area (Å²) in [6.07, 6.45) is 3.51. The molecule has 2 aromatic heterocycles. The van der Waals surface area contributed by atoms with Gasteiger partial charge in [0, 0.05) is 26.3 Å². The van der Waals surface area contributed by atoms with Crippen molar-refractivity contribution >= 4 is 5.91 Å². The minimum atomic E-state index is -0.114. The zero-order chi connectivity index (χ0) is 14.7. The molecular formula is C14H19N5O. The van der Waals surface area contributed by atoms with Crippen LogP contribution in [0.15, 0.2) is 30.6 Å². The summed E-state index contributed by atoms with van der Waals surface area (Å²) < 4.78 is 1.65. The van der Waals surface area contributed by atoms with E-state index < -0.39 is 0 Å². The molecule has 6 heteroatoms. The van der Waals surface area contributed by atoms with E-state index in [1.54, 1.807) is 37.2 Å². The predicted molar refractivity (Wildman–Crippen MR) is 76.9 cm³/mol. The fourth-order valence-corrected chi connectivity index (χ4v) is 1.75. The van der Waals surface area contributed by atoms with Crippen LogP contribution in [0.3, 0.4) is 0 Å². The monoisotopic (exact) mass is 273 g/mol. The van der Waals surface area contributed by atoms with Gasteiger partial charge in [0.15, 0.2) is 5.69 Å². The Morgan fingerprint density at radius 3 is 2.65 bits per heavy atom. The summed E-state index contributed by atoms with van der Waals surface area (Å²) in [6.45, 7) is 2.05. The third-order valence-corrected chi connectivity index (χ3v) is 3.13. The number of carbonyl (C=O) groups excluding carboxylic acids is 1. The van der Waals surface area contributed by atoms with Gasteiger partial charge in [0.25, 0.3) is 5.91 Å². The first-order valence-electron chi connectivity index (χ1n) is 6.44. The number of carbonyl (C=O) groups is 1. The van der Waals surface area contributed by atoms with Crippen molar-refractivity contribution in [3.63, 3.8) is 0 Å². The molecule has 20 heavy (non-hydrogen) atoms. The highest BCUT2D eigenvalue weighted by molar-refractivity contribution is 5.91. The van der Waals surface area contributed by atoms with E-state index in [-0.39, 0.29) is 11.9 Å².